The first-order valence-electron chi connectivity index (χ1n) is 34.5. The van der Waals surface area contributed by atoms with E-state index in [4.69, 9.17) is 37.9 Å². The summed E-state index contributed by atoms with van der Waals surface area (Å²) >= 11 is -9.57. The largest absolute Gasteiger partial charge is 0.445 e. The third-order valence-corrected chi connectivity index (χ3v) is 34.9. The Labute approximate surface area is 840 Å². The van der Waals surface area contributed by atoms with Gasteiger partial charge in [0.2, 0.25) is 0 Å². The van der Waals surface area contributed by atoms with Crippen LogP contribution in [0.25, 0.3) is 0 Å². The molecule has 812 valence electrons. The molecule has 3 aliphatic rings. The van der Waals surface area contributed by atoms with Gasteiger partial charge in [0.05, 0.1) is 85.6 Å². The van der Waals surface area contributed by atoms with Crippen LogP contribution in [0, 0.1) is 24.7 Å². The highest BCUT2D eigenvalue weighted by Crippen LogP contribution is 2.19. The van der Waals surface area contributed by atoms with Gasteiger partial charge in [-0.25, -0.2) is 25.3 Å². The van der Waals surface area contributed by atoms with Gasteiger partial charge in [0.1, 0.15) is 24.7 Å². The van der Waals surface area contributed by atoms with E-state index in [1.807, 2.05) is 5.92 Å². The second-order valence-electron chi connectivity index (χ2n) is 22.4. The van der Waals surface area contributed by atoms with E-state index in [0.29, 0.717) is 29.6 Å². The molecule has 50 nitrogen and oxygen atoms in total. The van der Waals surface area contributed by atoms with Crippen LogP contribution in [-0.4, -0.2) is 262 Å². The van der Waals surface area contributed by atoms with Crippen molar-refractivity contribution in [2.45, 2.75) is 28.7 Å². The van der Waals surface area contributed by atoms with Crippen LogP contribution in [0.1, 0.15) is 12.8 Å². The standard InChI is InChI=1S/C12H10FNO4S2.C8H11NO2S2.C7H8FNO2S2.C6H10FNO4S2.C5H4FNO4S.C4H6FNO4S2.C4H8FNO2S2.C3H7NO4S2.C3H9NO4S2.C3H9NO2S2.C2H6FNO4S2.C2H6FNO2S2/c13-20(15,16)14-19(17-11-7-3-1-4-8-11)18-12-9-5-2-6-10-12;1-12(2)9-13(10,11)8-6-4-3-5-7-8;1-12(9-13(8,10)11)7-5-3-2-4-6-7;1-3-5-11-13(12-6-4-2)8-14(7,9)10;1-2-4-3-10-5(11-4)7-12(6,8)9;1-3-4-10-11(9-2)6-12(5,7)8;5-10(7,8)6-9-3-1-2-4-9;1-10(5,6)4-9-7-2-3-8-9;1-7-9(8-2)4-10(3,5)6;1-7(2)4-8(3,5)6;1-7-9(8-2)4-10(3,5)6;1-7(2)4-8(3,5)6/h1-10H;3-7H,1-2H3;2-6H,1H3;3-4H,1-2,5-6H2;1,4H,3H2;1H,4H2,2H3;1-4H2;2-3H2,1H3;1-3H3;1-3H3;1-2H3;1-2H3. The maximum Gasteiger partial charge on any atom is 0.429 e. The number of hydrogen-bond acceptors (Lipinski definition) is 38. The highest BCUT2D eigenvalue weighted by atomic mass is 32.3. The van der Waals surface area contributed by atoms with Crippen molar-refractivity contribution in [1.82, 2.24) is 0 Å². The van der Waals surface area contributed by atoms with Crippen LogP contribution in [-0.2, 0) is 296 Å². The predicted molar refractivity (Wildman–Crippen MR) is 527 cm³/mol. The number of para-hydroxylation sites is 2. The molecule has 0 saturated carbocycles. The maximum absolute atomic E-state index is 12.7. The van der Waals surface area contributed by atoms with Crippen molar-refractivity contribution >= 4 is 250 Å². The lowest BCUT2D eigenvalue weighted by molar-refractivity contribution is 0.289. The third kappa shape index (κ3) is 99.8. The van der Waals surface area contributed by atoms with E-state index in [1.54, 1.807) is 153 Å². The Kier molecular flexibility index (Phi) is 75.9. The molecule has 0 bridgehead atoms. The summed E-state index contributed by atoms with van der Waals surface area (Å²) in [7, 11) is -48.8. The van der Waals surface area contributed by atoms with Crippen molar-refractivity contribution in [2.24, 2.45) is 45.8 Å². The van der Waals surface area contributed by atoms with Crippen LogP contribution in [0.15, 0.2) is 202 Å². The van der Waals surface area contributed by atoms with Crippen LogP contribution in [0.4, 0.5) is 31.1 Å². The van der Waals surface area contributed by atoms with Crippen molar-refractivity contribution in [2.75, 3.05) is 149 Å². The zero-order chi connectivity index (χ0) is 109. The Bertz CT molecular complexity index is 6240. The number of benzene rings is 4. The van der Waals surface area contributed by atoms with Crippen molar-refractivity contribution in [3.63, 3.8) is 0 Å². The van der Waals surface area contributed by atoms with Gasteiger partial charge in [0.25, 0.3) is 40.1 Å². The summed E-state index contributed by atoms with van der Waals surface area (Å²) in [5.74, 6) is 6.30. The SMILES string of the molecule is C#CC1COC(=NS(=O)(=O)F)O1.C#CCOS(=NS(=O)(=O)F)OC.C=CCOS(=NS(=O)(=O)F)OCC=C.COS(=NS(=O)(=O)F)OC.COS(=NS(C)(=O)=O)OC.CS(=NS(=O)(=O)F)c1ccccc1.CS(=O)(=O)N=S1OCCO1.CS(C)=NS(=O)(=O)F.CS(C)=NS(=O)(=O)c1ccccc1.CS(C)=NS(C)(=O)=O.O=S(=O)(F)N=S(Oc1ccccc1)Oc1ccccc1.O=S(=O)(F)N=S1CCCC1. The van der Waals surface area contributed by atoms with E-state index in [1.165, 1.54) is 38.9 Å². The number of hydrogen-bond donors (Lipinski definition) is 0. The third-order valence-electron chi connectivity index (χ3n) is 10.1. The number of halogens is 8. The van der Waals surface area contributed by atoms with Gasteiger partial charge in [-0.2, -0.15) is 75.8 Å². The van der Waals surface area contributed by atoms with Crippen molar-refractivity contribution in [3.05, 3.63) is 147 Å². The summed E-state index contributed by atoms with van der Waals surface area (Å²) in [5, 5.41) is 0. The van der Waals surface area contributed by atoms with E-state index in [2.05, 4.69) is 99.5 Å². The quantitative estimate of drug-likeness (QED) is 0.0201. The molecule has 81 heteroatoms. The van der Waals surface area contributed by atoms with Crippen LogP contribution < -0.4 is 8.37 Å². The van der Waals surface area contributed by atoms with E-state index in [-0.39, 0.29) is 42.0 Å². The molecule has 0 spiro atoms. The lowest BCUT2D eigenvalue weighted by atomic mass is 10.3. The Morgan fingerprint density at radius 1 is 0.414 bits per heavy atom. The van der Waals surface area contributed by atoms with Gasteiger partial charge in [-0.3, -0.25) is 41.8 Å². The molecule has 0 N–H and O–H groups in total. The minimum Gasteiger partial charge on any atom is -0.445 e. The summed E-state index contributed by atoms with van der Waals surface area (Å²) in [6, 6.07) is 33.5. The van der Waals surface area contributed by atoms with Gasteiger partial charge in [-0.05, 0) is 109 Å². The van der Waals surface area contributed by atoms with E-state index in [9.17, 15) is 132 Å². The van der Waals surface area contributed by atoms with Crippen LogP contribution in [0.3, 0.4) is 0 Å². The van der Waals surface area contributed by atoms with Crippen LogP contribution in [0.5, 0.6) is 11.5 Å². The fourth-order valence-electron chi connectivity index (χ4n) is 6.17. The molecular formula is C59H94F8N12O38S23. The normalized spacial score (nSPS) is 14.7. The number of sulfonamides is 4. The summed E-state index contributed by atoms with van der Waals surface area (Å²) < 4.78 is 442. The smallest absolute Gasteiger partial charge is 0.429 e. The molecule has 0 aromatic heterocycles. The van der Waals surface area contributed by atoms with Crippen LogP contribution in [0.2, 0.25) is 0 Å². The summed E-state index contributed by atoms with van der Waals surface area (Å²) in [6.45, 7) is 7.30. The average molecular weight is 2470 g/mol. The molecule has 3 heterocycles. The molecule has 0 aliphatic carbocycles. The fourth-order valence-corrected chi connectivity index (χ4v) is 25.8. The highest BCUT2D eigenvalue weighted by Gasteiger charge is 2.24. The van der Waals surface area contributed by atoms with Gasteiger partial charge in [-0.1, -0.05) is 205 Å². The van der Waals surface area contributed by atoms with Crippen molar-refractivity contribution in [3.8, 4) is 36.2 Å². The molecule has 3 atom stereocenters. The second kappa shape index (κ2) is 74.3. The highest BCUT2D eigenvalue weighted by molar-refractivity contribution is 8.01. The zero-order valence-electron chi connectivity index (χ0n) is 74.7. The molecule has 7 rings (SSSR count). The monoisotopic (exact) mass is 2470 g/mol. The average Bonchev–Trinajstić information content (AvgIpc) is 1.05. The lowest BCUT2D eigenvalue weighted by Crippen LogP contribution is -2.09. The van der Waals surface area contributed by atoms with E-state index >= 15 is 0 Å². The number of terminal acetylenes is 2. The van der Waals surface area contributed by atoms with E-state index < -0.39 is 246 Å². The Morgan fingerprint density at radius 3 is 1.05 bits per heavy atom. The number of nitrogens with zero attached hydrogens (tertiary/aromatic N) is 12. The van der Waals surface area contributed by atoms with Gasteiger partial charge in [-0.15, -0.1) is 44.8 Å². The molecule has 3 saturated heterocycles. The first-order valence-corrected chi connectivity index (χ1v) is 67.5. The molecule has 0 amide bonds. The molecule has 3 fully saturated rings. The lowest BCUT2D eigenvalue weighted by Gasteiger charge is -2.09. The van der Waals surface area contributed by atoms with Crippen LogP contribution >= 0.6 is 0 Å². The first kappa shape index (κ1) is 143. The number of ether oxygens (including phenoxy) is 2. The van der Waals surface area contributed by atoms with Crippen molar-refractivity contribution < 1.29 is 192 Å². The van der Waals surface area contributed by atoms with E-state index in [0.717, 1.165) is 64.4 Å². The zero-order valence-corrected chi connectivity index (χ0v) is 93.5. The molecule has 140 heavy (non-hydrogen) atoms. The first-order chi connectivity index (χ1) is 64.0. The Morgan fingerprint density at radius 2 is 0.764 bits per heavy atom. The summed E-state index contributed by atoms with van der Waals surface area (Å²) in [4.78, 5) is 0.958. The second-order valence-corrected chi connectivity index (χ2v) is 55.2. The maximum atomic E-state index is 12.7. The van der Waals surface area contributed by atoms with Gasteiger partial charge < -0.3 is 17.8 Å². The molecule has 3 aliphatic heterocycles. The molecular weight excluding hydrogens is 2370 g/mol. The summed E-state index contributed by atoms with van der Waals surface area (Å²) in [5.41, 5.74) is 0. The molecule has 4 aromatic rings. The predicted octanol–water partition coefficient (Wildman–Crippen LogP) is 7.78. The molecule has 3 unspecified atom stereocenters. The van der Waals surface area contributed by atoms with Gasteiger partial charge in [0.15, 0.2) is 62.4 Å². The van der Waals surface area contributed by atoms with Gasteiger partial charge >= 0.3 is 101 Å². The molecule has 4 aromatic carbocycles. The minimum absolute atomic E-state index is 0.0132. The molecule has 0 radical (unpaired) electrons. The summed E-state index contributed by atoms with van der Waals surface area (Å²) in [6.07, 6.45) is 27.7. The minimum atomic E-state index is -5.08. The fraction of sp³-hybridized carbons (Fsp3) is 0.441. The number of rotatable bonds is 31. The van der Waals surface area contributed by atoms with Crippen molar-refractivity contribution in [1.29, 1.82) is 0 Å². The van der Waals surface area contributed by atoms with Gasteiger partial charge in [0, 0.05) is 16.4 Å². The Balaban J connectivity index is -0.000000477. The topological polar surface area (TPSA) is 687 Å². The Hall–Kier alpha value is -5.56.